The number of nitrogens with two attached hydrogens (primary N) is 1. The Morgan fingerprint density at radius 2 is 2.10 bits per heavy atom. The van der Waals surface area contributed by atoms with Gasteiger partial charge in [0, 0.05) is 28.8 Å². The number of aromatic amines is 1. The number of H-pyrrole nitrogens is 1. The van der Waals surface area contributed by atoms with Crippen molar-refractivity contribution < 1.29 is 4.79 Å². The normalized spacial score (nSPS) is 13.7. The molecular weight excluding hydrogens is 274 g/mol. The number of halogens is 1. The molecule has 0 saturated heterocycles. The summed E-state index contributed by atoms with van der Waals surface area (Å²) in [6.07, 6.45) is 4.76. The summed E-state index contributed by atoms with van der Waals surface area (Å²) in [6.45, 7) is 2.52. The van der Waals surface area contributed by atoms with E-state index in [2.05, 4.69) is 17.1 Å². The molecule has 0 fully saturated rings. The summed E-state index contributed by atoms with van der Waals surface area (Å²) < 4.78 is 0. The first-order valence-corrected chi connectivity index (χ1v) is 6.91. The van der Waals surface area contributed by atoms with Gasteiger partial charge in [-0.1, -0.05) is 0 Å². The lowest BCUT2D eigenvalue weighted by molar-refractivity contribution is 0.254. The summed E-state index contributed by atoms with van der Waals surface area (Å²) in [5.74, 6) is 0. The molecule has 1 aliphatic rings. The van der Waals surface area contributed by atoms with Crippen LogP contribution in [0.4, 0.5) is 10.5 Å². The Balaban J connectivity index is 0.00000147. The molecule has 1 aromatic heterocycles. The number of hydrogen-bond acceptors (Lipinski definition) is 1. The zero-order chi connectivity index (χ0) is 13.4. The molecule has 0 spiro atoms. The van der Waals surface area contributed by atoms with Crippen molar-refractivity contribution >= 4 is 35.0 Å². The van der Waals surface area contributed by atoms with Crippen molar-refractivity contribution in [3.05, 3.63) is 29.5 Å². The Labute approximate surface area is 124 Å². The highest BCUT2D eigenvalue weighted by Gasteiger charge is 2.17. The first-order valence-electron chi connectivity index (χ1n) is 6.91. The molecule has 0 unspecified atom stereocenters. The van der Waals surface area contributed by atoms with Crippen molar-refractivity contribution in [3.8, 4) is 0 Å². The molecule has 0 atom stereocenters. The number of nitrogens with one attached hydrogen (secondary N) is 1. The number of anilines is 1. The van der Waals surface area contributed by atoms with Crippen LogP contribution in [-0.2, 0) is 12.8 Å². The van der Waals surface area contributed by atoms with Crippen molar-refractivity contribution in [1.82, 2.24) is 4.98 Å². The van der Waals surface area contributed by atoms with E-state index in [-0.39, 0.29) is 12.4 Å². The lowest BCUT2D eigenvalue weighted by Crippen LogP contribution is -2.35. The van der Waals surface area contributed by atoms with E-state index in [0.29, 0.717) is 6.54 Å². The third-order valence-corrected chi connectivity index (χ3v) is 3.98. The number of benzene rings is 1. The molecule has 5 heteroatoms. The Kier molecular flexibility index (Phi) is 4.23. The molecule has 108 valence electrons. The fourth-order valence-corrected chi connectivity index (χ4v) is 3.03. The fraction of sp³-hybridized carbons (Fsp3) is 0.400. The van der Waals surface area contributed by atoms with Crippen LogP contribution in [0.1, 0.15) is 31.0 Å². The van der Waals surface area contributed by atoms with Crippen LogP contribution in [0, 0.1) is 0 Å². The molecule has 2 amide bonds. The maximum absolute atomic E-state index is 11.4. The SMILES string of the molecule is CCN(C(N)=O)c1ccc2[nH]c3c(c2c1)CCCC3.Cl. The largest absolute Gasteiger partial charge is 0.358 e. The molecule has 1 heterocycles. The lowest BCUT2D eigenvalue weighted by Gasteiger charge is -2.18. The first-order chi connectivity index (χ1) is 9.20. The van der Waals surface area contributed by atoms with Crippen molar-refractivity contribution in [2.75, 3.05) is 11.4 Å². The molecular formula is C15H20ClN3O. The number of rotatable bonds is 2. The van der Waals surface area contributed by atoms with Gasteiger partial charge < -0.3 is 10.7 Å². The van der Waals surface area contributed by atoms with E-state index < -0.39 is 6.03 Å². The van der Waals surface area contributed by atoms with Crippen LogP contribution in [0.5, 0.6) is 0 Å². The number of fused-ring (bicyclic) bond motifs is 3. The monoisotopic (exact) mass is 293 g/mol. The van der Waals surface area contributed by atoms with Gasteiger partial charge in [-0.2, -0.15) is 0 Å². The number of urea groups is 1. The Hall–Kier alpha value is -1.68. The maximum atomic E-state index is 11.4. The van der Waals surface area contributed by atoms with Crippen molar-refractivity contribution in [2.45, 2.75) is 32.6 Å². The number of carbonyl (C=O) groups is 1. The fourth-order valence-electron chi connectivity index (χ4n) is 3.03. The van der Waals surface area contributed by atoms with Gasteiger partial charge in [-0.3, -0.25) is 4.90 Å². The van der Waals surface area contributed by atoms with Crippen molar-refractivity contribution in [1.29, 1.82) is 0 Å². The third-order valence-electron chi connectivity index (χ3n) is 3.98. The summed E-state index contributed by atoms with van der Waals surface area (Å²) in [5, 5.41) is 1.24. The zero-order valence-electron chi connectivity index (χ0n) is 11.6. The molecule has 3 N–H and O–H groups in total. The number of nitrogens with zero attached hydrogens (tertiary/aromatic N) is 1. The number of primary amides is 1. The summed E-state index contributed by atoms with van der Waals surface area (Å²) in [4.78, 5) is 16.5. The summed E-state index contributed by atoms with van der Waals surface area (Å²) in [7, 11) is 0. The molecule has 4 nitrogen and oxygen atoms in total. The first kappa shape index (κ1) is 14.7. The second-order valence-electron chi connectivity index (χ2n) is 5.10. The lowest BCUT2D eigenvalue weighted by atomic mass is 9.95. The predicted molar refractivity (Wildman–Crippen MR) is 84.8 cm³/mol. The second kappa shape index (κ2) is 5.75. The van der Waals surface area contributed by atoms with Gasteiger partial charge in [-0.25, -0.2) is 4.79 Å². The van der Waals surface area contributed by atoms with Crippen LogP contribution in [0.25, 0.3) is 10.9 Å². The average molecular weight is 294 g/mol. The topological polar surface area (TPSA) is 62.1 Å². The molecule has 2 aromatic rings. The van der Waals surface area contributed by atoms with Crippen molar-refractivity contribution in [3.63, 3.8) is 0 Å². The van der Waals surface area contributed by atoms with E-state index in [1.54, 1.807) is 4.90 Å². The van der Waals surface area contributed by atoms with Crippen LogP contribution in [0.2, 0.25) is 0 Å². The molecule has 0 saturated carbocycles. The molecule has 0 bridgehead atoms. The molecule has 0 aliphatic heterocycles. The van der Waals surface area contributed by atoms with Crippen molar-refractivity contribution in [2.24, 2.45) is 5.73 Å². The Morgan fingerprint density at radius 3 is 2.80 bits per heavy atom. The van der Waals surface area contributed by atoms with E-state index in [4.69, 9.17) is 5.73 Å². The summed E-state index contributed by atoms with van der Waals surface area (Å²) >= 11 is 0. The molecule has 3 rings (SSSR count). The Morgan fingerprint density at radius 1 is 1.35 bits per heavy atom. The van der Waals surface area contributed by atoms with Crippen LogP contribution in [-0.4, -0.2) is 17.6 Å². The quantitative estimate of drug-likeness (QED) is 0.876. The van der Waals surface area contributed by atoms with Gasteiger partial charge >= 0.3 is 6.03 Å². The summed E-state index contributed by atoms with van der Waals surface area (Å²) in [6, 6.07) is 5.70. The van der Waals surface area contributed by atoms with Gasteiger partial charge in [0.1, 0.15) is 0 Å². The van der Waals surface area contributed by atoms with Crippen LogP contribution < -0.4 is 10.6 Å². The molecule has 0 radical (unpaired) electrons. The highest BCUT2D eigenvalue weighted by atomic mass is 35.5. The summed E-state index contributed by atoms with van der Waals surface area (Å²) in [5.41, 5.74) is 10.2. The standard InChI is InChI=1S/C15H19N3O.ClH/c1-2-18(15(16)19)10-7-8-14-12(9-10)11-5-3-4-6-13(11)17-14;/h7-9,17H,2-6H2,1H3,(H2,16,19);1H. The van der Waals surface area contributed by atoms with Gasteiger partial charge in [0.05, 0.1) is 0 Å². The van der Waals surface area contributed by atoms with Gasteiger partial charge in [-0.15, -0.1) is 12.4 Å². The molecule has 20 heavy (non-hydrogen) atoms. The van der Waals surface area contributed by atoms with Gasteiger partial charge in [0.15, 0.2) is 0 Å². The minimum atomic E-state index is -0.397. The van der Waals surface area contributed by atoms with E-state index in [0.717, 1.165) is 24.0 Å². The van der Waals surface area contributed by atoms with Gasteiger partial charge in [0.2, 0.25) is 0 Å². The van der Waals surface area contributed by atoms with Crippen LogP contribution in [0.15, 0.2) is 18.2 Å². The molecule has 1 aliphatic carbocycles. The number of aromatic nitrogens is 1. The number of hydrogen-bond donors (Lipinski definition) is 2. The highest BCUT2D eigenvalue weighted by molar-refractivity contribution is 5.95. The van der Waals surface area contributed by atoms with Crippen LogP contribution in [0.3, 0.4) is 0 Å². The number of carbonyl (C=O) groups excluding carboxylic acids is 1. The van der Waals surface area contributed by atoms with Gasteiger partial charge in [-0.05, 0) is 56.4 Å². The highest BCUT2D eigenvalue weighted by Crippen LogP contribution is 2.31. The second-order valence-corrected chi connectivity index (χ2v) is 5.10. The van der Waals surface area contributed by atoms with E-state index in [9.17, 15) is 4.79 Å². The minimum absolute atomic E-state index is 0. The Bertz CT molecular complexity index is 635. The molecule has 1 aromatic carbocycles. The van der Waals surface area contributed by atoms with E-state index in [1.807, 2.05) is 13.0 Å². The average Bonchev–Trinajstić information content (AvgIpc) is 2.77. The third kappa shape index (κ3) is 2.36. The number of amides is 2. The number of aryl methyl sites for hydroxylation is 2. The predicted octanol–water partition coefficient (Wildman–Crippen LogP) is 3.37. The van der Waals surface area contributed by atoms with Gasteiger partial charge in [0.25, 0.3) is 0 Å². The maximum Gasteiger partial charge on any atom is 0.319 e. The zero-order valence-corrected chi connectivity index (χ0v) is 12.4. The van der Waals surface area contributed by atoms with Crippen LogP contribution >= 0.6 is 12.4 Å². The van der Waals surface area contributed by atoms with E-state index >= 15 is 0 Å². The van der Waals surface area contributed by atoms with E-state index in [1.165, 1.54) is 29.5 Å². The smallest absolute Gasteiger partial charge is 0.319 e. The minimum Gasteiger partial charge on any atom is -0.358 e.